The van der Waals surface area contributed by atoms with Gasteiger partial charge in [0.2, 0.25) is 0 Å². The predicted octanol–water partition coefficient (Wildman–Crippen LogP) is 3.27. The van der Waals surface area contributed by atoms with Crippen LogP contribution in [0.5, 0.6) is 5.95 Å². The van der Waals surface area contributed by atoms with E-state index >= 15 is 0 Å². The van der Waals surface area contributed by atoms with Crippen molar-refractivity contribution in [2.75, 3.05) is 13.2 Å². The predicted molar refractivity (Wildman–Crippen MR) is 90.1 cm³/mol. The Bertz CT molecular complexity index is 677. The van der Waals surface area contributed by atoms with E-state index in [4.69, 9.17) is 9.15 Å². The Hall–Kier alpha value is -2.24. The molecule has 0 radical (unpaired) electrons. The van der Waals surface area contributed by atoms with Gasteiger partial charge in [0.1, 0.15) is 5.82 Å². The summed E-state index contributed by atoms with van der Waals surface area (Å²) < 4.78 is 13.0. The van der Waals surface area contributed by atoms with Crippen molar-refractivity contribution in [3.8, 4) is 5.95 Å². The van der Waals surface area contributed by atoms with Crippen LogP contribution in [-0.4, -0.2) is 39.6 Å². The van der Waals surface area contributed by atoms with Gasteiger partial charge in [-0.15, -0.1) is 0 Å². The van der Waals surface area contributed by atoms with Gasteiger partial charge in [-0.1, -0.05) is 0 Å². The second-order valence-electron chi connectivity index (χ2n) is 6.16. The highest BCUT2D eigenvalue weighted by Crippen LogP contribution is 2.25. The van der Waals surface area contributed by atoms with E-state index in [1.165, 1.54) is 6.42 Å². The standard InChI is InChI=1S/C18H25N3O3/c1-3-23-17-8-7-16(24-17)18(22)21-11-5-4-6-15(21)9-12-20-13-10-19-14(20)2/h7-8,10,13,15H,3-6,9,11-12H2,1-2H3. The number of carbonyl (C=O) groups is 1. The highest BCUT2D eigenvalue weighted by atomic mass is 16.6. The van der Waals surface area contributed by atoms with E-state index in [9.17, 15) is 4.79 Å². The average molecular weight is 331 g/mol. The lowest BCUT2D eigenvalue weighted by Gasteiger charge is -2.35. The molecule has 1 atom stereocenters. The molecule has 2 aromatic heterocycles. The Morgan fingerprint density at radius 3 is 3.04 bits per heavy atom. The lowest BCUT2D eigenvalue weighted by atomic mass is 9.99. The van der Waals surface area contributed by atoms with Crippen LogP contribution in [0.2, 0.25) is 0 Å². The minimum absolute atomic E-state index is 0.0343. The van der Waals surface area contributed by atoms with Crippen molar-refractivity contribution in [1.82, 2.24) is 14.5 Å². The number of imidazole rings is 1. The molecule has 0 spiro atoms. The number of amides is 1. The first kappa shape index (κ1) is 16.6. The second-order valence-corrected chi connectivity index (χ2v) is 6.16. The summed E-state index contributed by atoms with van der Waals surface area (Å²) in [6.07, 6.45) is 7.99. The maximum absolute atomic E-state index is 12.8. The van der Waals surface area contributed by atoms with E-state index in [0.717, 1.165) is 38.2 Å². The minimum atomic E-state index is -0.0343. The molecule has 0 aliphatic carbocycles. The van der Waals surface area contributed by atoms with E-state index < -0.39 is 0 Å². The van der Waals surface area contributed by atoms with Gasteiger partial charge < -0.3 is 18.6 Å². The van der Waals surface area contributed by atoms with Gasteiger partial charge in [0, 0.05) is 37.6 Å². The van der Waals surface area contributed by atoms with Crippen LogP contribution in [-0.2, 0) is 6.54 Å². The lowest BCUT2D eigenvalue weighted by Crippen LogP contribution is -2.44. The highest BCUT2D eigenvalue weighted by molar-refractivity contribution is 5.92. The number of hydrogen-bond acceptors (Lipinski definition) is 4. The number of rotatable bonds is 6. The molecule has 0 aromatic carbocycles. The summed E-state index contributed by atoms with van der Waals surface area (Å²) in [6.45, 7) is 6.09. The molecule has 1 amide bonds. The summed E-state index contributed by atoms with van der Waals surface area (Å²) in [5.41, 5.74) is 0. The molecule has 1 fully saturated rings. The fourth-order valence-electron chi connectivity index (χ4n) is 3.29. The first-order valence-electron chi connectivity index (χ1n) is 8.70. The molecular formula is C18H25N3O3. The number of aromatic nitrogens is 2. The monoisotopic (exact) mass is 331 g/mol. The molecule has 6 nitrogen and oxygen atoms in total. The number of piperidine rings is 1. The summed E-state index contributed by atoms with van der Waals surface area (Å²) in [6, 6.07) is 3.66. The maximum Gasteiger partial charge on any atom is 0.289 e. The highest BCUT2D eigenvalue weighted by Gasteiger charge is 2.29. The number of furan rings is 1. The summed E-state index contributed by atoms with van der Waals surface area (Å²) in [7, 11) is 0. The molecule has 6 heteroatoms. The number of carbonyl (C=O) groups excluding carboxylic acids is 1. The molecule has 3 rings (SSSR count). The molecule has 0 N–H and O–H groups in total. The van der Waals surface area contributed by atoms with E-state index in [-0.39, 0.29) is 11.9 Å². The van der Waals surface area contributed by atoms with Crippen LogP contribution in [0.3, 0.4) is 0 Å². The zero-order valence-corrected chi connectivity index (χ0v) is 14.4. The van der Waals surface area contributed by atoms with Crippen molar-refractivity contribution in [3.63, 3.8) is 0 Å². The van der Waals surface area contributed by atoms with Crippen LogP contribution in [0.4, 0.5) is 0 Å². The van der Waals surface area contributed by atoms with Crippen molar-refractivity contribution in [1.29, 1.82) is 0 Å². The van der Waals surface area contributed by atoms with Crippen LogP contribution in [0, 0.1) is 6.92 Å². The average Bonchev–Trinajstić information content (AvgIpc) is 3.22. The first-order valence-corrected chi connectivity index (χ1v) is 8.70. The van der Waals surface area contributed by atoms with Crippen LogP contribution < -0.4 is 4.74 Å². The Balaban J connectivity index is 1.66. The number of likely N-dealkylation sites (tertiary alicyclic amines) is 1. The summed E-state index contributed by atoms with van der Waals surface area (Å²) in [5.74, 6) is 1.75. The lowest BCUT2D eigenvalue weighted by molar-refractivity contribution is 0.0555. The van der Waals surface area contributed by atoms with Crippen LogP contribution in [0.25, 0.3) is 0 Å². The topological polar surface area (TPSA) is 60.5 Å². The molecule has 1 saturated heterocycles. The Morgan fingerprint density at radius 2 is 2.29 bits per heavy atom. The first-order chi connectivity index (χ1) is 11.7. The largest absolute Gasteiger partial charge is 0.465 e. The fraction of sp³-hybridized carbons (Fsp3) is 0.556. The Labute approximate surface area is 142 Å². The second kappa shape index (κ2) is 7.55. The summed E-state index contributed by atoms with van der Waals surface area (Å²) >= 11 is 0. The molecular weight excluding hydrogens is 306 g/mol. The van der Waals surface area contributed by atoms with Gasteiger partial charge in [-0.2, -0.15) is 0 Å². The molecule has 1 unspecified atom stereocenters. The third kappa shape index (κ3) is 3.63. The van der Waals surface area contributed by atoms with E-state index in [2.05, 4.69) is 9.55 Å². The van der Waals surface area contributed by atoms with Gasteiger partial charge in [0.15, 0.2) is 5.76 Å². The molecule has 1 aliphatic heterocycles. The number of ether oxygens (including phenoxy) is 1. The maximum atomic E-state index is 12.8. The van der Waals surface area contributed by atoms with Crippen molar-refractivity contribution >= 4 is 5.91 Å². The van der Waals surface area contributed by atoms with E-state index in [1.807, 2.05) is 31.1 Å². The van der Waals surface area contributed by atoms with E-state index in [0.29, 0.717) is 18.3 Å². The third-order valence-corrected chi connectivity index (χ3v) is 4.59. The SMILES string of the molecule is CCOc1ccc(C(=O)N2CCCCC2CCn2ccnc2C)o1. The number of aryl methyl sites for hydroxylation is 2. The number of hydrogen-bond donors (Lipinski definition) is 0. The quantitative estimate of drug-likeness (QED) is 0.815. The van der Waals surface area contributed by atoms with Gasteiger partial charge in [0.05, 0.1) is 6.61 Å². The summed E-state index contributed by atoms with van der Waals surface area (Å²) in [4.78, 5) is 19.0. The van der Waals surface area contributed by atoms with Crippen LogP contribution >= 0.6 is 0 Å². The van der Waals surface area contributed by atoms with Crippen LogP contribution in [0.15, 0.2) is 28.9 Å². The Morgan fingerprint density at radius 1 is 1.42 bits per heavy atom. The van der Waals surface area contributed by atoms with Crippen molar-refractivity contribution < 1.29 is 13.9 Å². The fourth-order valence-corrected chi connectivity index (χ4v) is 3.29. The molecule has 2 aromatic rings. The van der Waals surface area contributed by atoms with Crippen molar-refractivity contribution in [2.45, 2.75) is 52.1 Å². The molecule has 1 aliphatic rings. The smallest absolute Gasteiger partial charge is 0.289 e. The zero-order valence-electron chi connectivity index (χ0n) is 14.4. The molecule has 130 valence electrons. The van der Waals surface area contributed by atoms with Crippen molar-refractivity contribution in [3.05, 3.63) is 36.1 Å². The van der Waals surface area contributed by atoms with Crippen LogP contribution in [0.1, 0.15) is 49.0 Å². The third-order valence-electron chi connectivity index (χ3n) is 4.59. The van der Waals surface area contributed by atoms with Crippen molar-refractivity contribution in [2.24, 2.45) is 0 Å². The minimum Gasteiger partial charge on any atom is -0.465 e. The zero-order chi connectivity index (χ0) is 16.9. The van der Waals surface area contributed by atoms with Gasteiger partial charge in [-0.25, -0.2) is 4.98 Å². The Kier molecular flexibility index (Phi) is 5.23. The molecule has 3 heterocycles. The normalized spacial score (nSPS) is 17.9. The molecule has 0 bridgehead atoms. The number of nitrogens with zero attached hydrogens (tertiary/aromatic N) is 3. The van der Waals surface area contributed by atoms with Gasteiger partial charge >= 0.3 is 0 Å². The van der Waals surface area contributed by atoms with Gasteiger partial charge in [-0.05, 0) is 45.6 Å². The van der Waals surface area contributed by atoms with E-state index in [1.54, 1.807) is 12.1 Å². The summed E-state index contributed by atoms with van der Waals surface area (Å²) in [5, 5.41) is 0. The molecule has 0 saturated carbocycles. The van der Waals surface area contributed by atoms with Gasteiger partial charge in [0.25, 0.3) is 11.9 Å². The van der Waals surface area contributed by atoms with Gasteiger partial charge in [-0.3, -0.25) is 4.79 Å². The molecule has 24 heavy (non-hydrogen) atoms.